The Morgan fingerprint density at radius 3 is 2.83 bits per heavy atom. The van der Waals surface area contributed by atoms with Crippen LogP contribution in [0.3, 0.4) is 0 Å². The highest BCUT2D eigenvalue weighted by Crippen LogP contribution is 2.32. The van der Waals surface area contributed by atoms with Crippen LogP contribution in [0.25, 0.3) is 0 Å². The number of rotatable bonds is 7. The van der Waals surface area contributed by atoms with Gasteiger partial charge in [0.25, 0.3) is 0 Å². The molecular formula is C14H17BrO3. The van der Waals surface area contributed by atoms with Crippen molar-refractivity contribution in [3.63, 3.8) is 0 Å². The molecule has 0 spiro atoms. The minimum Gasteiger partial charge on any atom is -0.492 e. The van der Waals surface area contributed by atoms with Gasteiger partial charge in [0.15, 0.2) is 0 Å². The second-order valence-corrected chi connectivity index (χ2v) is 5.62. The summed E-state index contributed by atoms with van der Waals surface area (Å²) in [6, 6.07) is 5.99. The first kappa shape index (κ1) is 13.4. The largest absolute Gasteiger partial charge is 0.492 e. The van der Waals surface area contributed by atoms with E-state index in [1.54, 1.807) is 0 Å². The Kier molecular flexibility index (Phi) is 4.64. The van der Waals surface area contributed by atoms with Crippen molar-refractivity contribution in [2.24, 2.45) is 5.92 Å². The van der Waals surface area contributed by atoms with Gasteiger partial charge in [-0.2, -0.15) is 0 Å². The number of carboxylic acid groups (broad SMARTS) is 1. The molecule has 0 amide bonds. The maximum atomic E-state index is 10.4. The zero-order valence-corrected chi connectivity index (χ0v) is 11.8. The Morgan fingerprint density at radius 1 is 1.44 bits per heavy atom. The van der Waals surface area contributed by atoms with Crippen LogP contribution in [0.1, 0.15) is 31.2 Å². The zero-order valence-electron chi connectivity index (χ0n) is 10.2. The Hall–Kier alpha value is -1.03. The SMILES string of the molecule is O=C(O)CCCc1ccc(OCC2CC2)c(Br)c1. The predicted molar refractivity (Wildman–Crippen MR) is 72.9 cm³/mol. The lowest BCUT2D eigenvalue weighted by atomic mass is 10.1. The van der Waals surface area contributed by atoms with Crippen molar-refractivity contribution in [1.29, 1.82) is 0 Å². The smallest absolute Gasteiger partial charge is 0.303 e. The summed E-state index contributed by atoms with van der Waals surface area (Å²) in [6.45, 7) is 0.803. The van der Waals surface area contributed by atoms with E-state index in [0.717, 1.165) is 34.7 Å². The van der Waals surface area contributed by atoms with Gasteiger partial charge in [-0.15, -0.1) is 0 Å². The maximum Gasteiger partial charge on any atom is 0.303 e. The van der Waals surface area contributed by atoms with Gasteiger partial charge in [0, 0.05) is 6.42 Å². The lowest BCUT2D eigenvalue weighted by molar-refractivity contribution is -0.137. The van der Waals surface area contributed by atoms with Crippen LogP contribution in [0.5, 0.6) is 5.75 Å². The minimum absolute atomic E-state index is 0.220. The van der Waals surface area contributed by atoms with Gasteiger partial charge < -0.3 is 9.84 Å². The molecule has 0 saturated heterocycles. The van der Waals surface area contributed by atoms with Gasteiger partial charge in [-0.1, -0.05) is 6.07 Å². The molecule has 98 valence electrons. The fourth-order valence-corrected chi connectivity index (χ4v) is 2.29. The van der Waals surface area contributed by atoms with Crippen molar-refractivity contribution >= 4 is 21.9 Å². The van der Waals surface area contributed by atoms with Crippen LogP contribution >= 0.6 is 15.9 Å². The number of aliphatic carboxylic acids is 1. The summed E-state index contributed by atoms with van der Waals surface area (Å²) in [5.74, 6) is 0.884. The summed E-state index contributed by atoms with van der Waals surface area (Å²) in [7, 11) is 0. The third-order valence-electron chi connectivity index (χ3n) is 3.02. The standard InChI is InChI=1S/C14H17BrO3/c15-12-8-10(2-1-3-14(16)17)6-7-13(12)18-9-11-4-5-11/h6-8,11H,1-5,9H2,(H,16,17). The van der Waals surface area contributed by atoms with Crippen LogP contribution in [0.15, 0.2) is 22.7 Å². The number of halogens is 1. The van der Waals surface area contributed by atoms with Crippen molar-refractivity contribution < 1.29 is 14.6 Å². The van der Waals surface area contributed by atoms with Crippen molar-refractivity contribution in [1.82, 2.24) is 0 Å². The number of ether oxygens (including phenoxy) is 1. The monoisotopic (exact) mass is 312 g/mol. The molecule has 1 fully saturated rings. The summed E-state index contributed by atoms with van der Waals surface area (Å²) in [5, 5.41) is 8.59. The van der Waals surface area contributed by atoms with Gasteiger partial charge in [0.1, 0.15) is 5.75 Å². The van der Waals surface area contributed by atoms with Gasteiger partial charge in [-0.3, -0.25) is 4.79 Å². The average Bonchev–Trinajstić information content (AvgIpc) is 3.11. The third kappa shape index (κ3) is 4.33. The molecule has 0 aromatic heterocycles. The lowest BCUT2D eigenvalue weighted by Gasteiger charge is -2.09. The minimum atomic E-state index is -0.738. The van der Waals surface area contributed by atoms with E-state index >= 15 is 0 Å². The Bertz CT molecular complexity index is 427. The van der Waals surface area contributed by atoms with E-state index in [2.05, 4.69) is 15.9 Å². The Balaban J connectivity index is 1.85. The second-order valence-electron chi connectivity index (χ2n) is 4.77. The molecule has 1 N–H and O–H groups in total. The highest BCUT2D eigenvalue weighted by molar-refractivity contribution is 9.10. The summed E-state index contributed by atoms with van der Waals surface area (Å²) < 4.78 is 6.67. The maximum absolute atomic E-state index is 10.4. The van der Waals surface area contributed by atoms with Gasteiger partial charge in [0.05, 0.1) is 11.1 Å². The molecule has 1 aromatic rings. The molecule has 0 radical (unpaired) electrons. The first-order valence-electron chi connectivity index (χ1n) is 6.28. The van der Waals surface area contributed by atoms with E-state index in [9.17, 15) is 4.79 Å². The summed E-state index contributed by atoms with van der Waals surface area (Å²) in [5.41, 5.74) is 1.14. The Morgan fingerprint density at radius 2 is 2.22 bits per heavy atom. The lowest BCUT2D eigenvalue weighted by Crippen LogP contribution is -2.00. The average molecular weight is 313 g/mol. The van der Waals surface area contributed by atoms with Crippen molar-refractivity contribution in [3.8, 4) is 5.75 Å². The first-order chi connectivity index (χ1) is 8.65. The van der Waals surface area contributed by atoms with E-state index in [-0.39, 0.29) is 6.42 Å². The topological polar surface area (TPSA) is 46.5 Å². The van der Waals surface area contributed by atoms with Crippen molar-refractivity contribution in [2.75, 3.05) is 6.61 Å². The van der Waals surface area contributed by atoms with E-state index in [0.29, 0.717) is 6.42 Å². The first-order valence-corrected chi connectivity index (χ1v) is 7.07. The number of aryl methyl sites for hydroxylation is 1. The number of benzene rings is 1. The molecule has 4 heteroatoms. The van der Waals surface area contributed by atoms with E-state index < -0.39 is 5.97 Å². The summed E-state index contributed by atoms with van der Waals surface area (Å²) >= 11 is 3.50. The Labute approximate surface area is 115 Å². The van der Waals surface area contributed by atoms with Gasteiger partial charge >= 0.3 is 5.97 Å². The van der Waals surface area contributed by atoms with Crippen LogP contribution in [-0.4, -0.2) is 17.7 Å². The molecule has 1 aliphatic rings. The fourth-order valence-electron chi connectivity index (χ4n) is 1.75. The zero-order chi connectivity index (χ0) is 13.0. The molecular weight excluding hydrogens is 296 g/mol. The molecule has 2 rings (SSSR count). The fraction of sp³-hybridized carbons (Fsp3) is 0.500. The molecule has 0 heterocycles. The third-order valence-corrected chi connectivity index (χ3v) is 3.64. The normalized spacial score (nSPS) is 14.5. The highest BCUT2D eigenvalue weighted by Gasteiger charge is 2.22. The number of hydrogen-bond donors (Lipinski definition) is 1. The van der Waals surface area contributed by atoms with Crippen LogP contribution in [0.2, 0.25) is 0 Å². The van der Waals surface area contributed by atoms with Gasteiger partial charge in [-0.25, -0.2) is 0 Å². The molecule has 0 aliphatic heterocycles. The summed E-state index contributed by atoms with van der Waals surface area (Å²) in [4.78, 5) is 10.4. The number of hydrogen-bond acceptors (Lipinski definition) is 2. The molecule has 1 aromatic carbocycles. The van der Waals surface area contributed by atoms with Crippen LogP contribution in [-0.2, 0) is 11.2 Å². The molecule has 0 atom stereocenters. The molecule has 0 unspecified atom stereocenters. The van der Waals surface area contributed by atoms with E-state index in [1.165, 1.54) is 12.8 Å². The molecule has 1 aliphatic carbocycles. The molecule has 3 nitrogen and oxygen atoms in total. The van der Waals surface area contributed by atoms with Gasteiger partial charge in [0.2, 0.25) is 0 Å². The number of carboxylic acids is 1. The van der Waals surface area contributed by atoms with E-state index in [4.69, 9.17) is 9.84 Å². The highest BCUT2D eigenvalue weighted by atomic mass is 79.9. The molecule has 18 heavy (non-hydrogen) atoms. The van der Waals surface area contributed by atoms with Crippen LogP contribution in [0.4, 0.5) is 0 Å². The summed E-state index contributed by atoms with van der Waals surface area (Å²) in [6.07, 6.45) is 4.24. The van der Waals surface area contributed by atoms with E-state index in [1.807, 2.05) is 18.2 Å². The van der Waals surface area contributed by atoms with Crippen molar-refractivity contribution in [3.05, 3.63) is 28.2 Å². The number of carbonyl (C=O) groups is 1. The second kappa shape index (κ2) is 6.23. The van der Waals surface area contributed by atoms with Crippen LogP contribution < -0.4 is 4.74 Å². The molecule has 1 saturated carbocycles. The predicted octanol–water partition coefficient (Wildman–Crippen LogP) is 3.65. The molecule has 0 bridgehead atoms. The quantitative estimate of drug-likeness (QED) is 0.836. The van der Waals surface area contributed by atoms with Crippen molar-refractivity contribution in [2.45, 2.75) is 32.1 Å². The van der Waals surface area contributed by atoms with Gasteiger partial charge in [-0.05, 0) is 65.2 Å². The van der Waals surface area contributed by atoms with Crippen LogP contribution in [0, 0.1) is 5.92 Å².